The summed E-state index contributed by atoms with van der Waals surface area (Å²) in [6.45, 7) is 0.512. The van der Waals surface area contributed by atoms with Crippen molar-refractivity contribution in [3.8, 4) is 11.5 Å². The van der Waals surface area contributed by atoms with Gasteiger partial charge in [0, 0.05) is 18.8 Å². The van der Waals surface area contributed by atoms with E-state index in [2.05, 4.69) is 4.99 Å². The average Bonchev–Trinajstić information content (AvgIpc) is 2.95. The molecule has 2 heterocycles. The number of rotatable bonds is 4. The van der Waals surface area contributed by atoms with Crippen LogP contribution in [0.25, 0.3) is 0 Å². The van der Waals surface area contributed by atoms with Gasteiger partial charge in [0.1, 0.15) is 0 Å². The number of esters is 1. The molecule has 3 rings (SSSR count). The van der Waals surface area contributed by atoms with Crippen LogP contribution in [0.5, 0.6) is 11.5 Å². The maximum atomic E-state index is 12.9. The second kappa shape index (κ2) is 6.51. The summed E-state index contributed by atoms with van der Waals surface area (Å²) in [5.74, 6) is 0.740. The standard InChI is InChI=1S/C17H20N2O5/c1-22-14-6-12-13(7-15(14)23-2)18-8-11-4-10(5-16(20)24-3)9-19(11)17(12)21/h6-8,10-11H,4-5,9H2,1-3H3/t10?,11-/m0/s1. The molecule has 2 aliphatic rings. The Bertz CT molecular complexity index is 700. The van der Waals surface area contributed by atoms with Gasteiger partial charge in [0.2, 0.25) is 0 Å². The minimum absolute atomic E-state index is 0.0829. The fourth-order valence-corrected chi connectivity index (χ4v) is 3.27. The second-order valence-electron chi connectivity index (χ2n) is 5.91. The molecule has 0 radical (unpaired) electrons. The molecule has 1 aromatic carbocycles. The summed E-state index contributed by atoms with van der Waals surface area (Å²) in [5, 5.41) is 0. The molecule has 0 N–H and O–H groups in total. The number of nitrogens with zero attached hydrogens (tertiary/aromatic N) is 2. The predicted octanol–water partition coefficient (Wildman–Crippen LogP) is 1.81. The van der Waals surface area contributed by atoms with Crippen molar-refractivity contribution in [3.05, 3.63) is 17.7 Å². The fourth-order valence-electron chi connectivity index (χ4n) is 3.27. The van der Waals surface area contributed by atoms with Crippen LogP contribution in [-0.2, 0) is 9.53 Å². The number of aliphatic imine (C=N–C) groups is 1. The van der Waals surface area contributed by atoms with Gasteiger partial charge >= 0.3 is 5.97 Å². The first-order chi connectivity index (χ1) is 11.6. The van der Waals surface area contributed by atoms with E-state index in [1.807, 2.05) is 0 Å². The molecule has 0 aromatic heterocycles. The summed E-state index contributed by atoms with van der Waals surface area (Å²) in [6, 6.07) is 3.25. The fraction of sp³-hybridized carbons (Fsp3) is 0.471. The molecule has 0 saturated carbocycles. The summed E-state index contributed by atoms with van der Waals surface area (Å²) in [7, 11) is 4.44. The summed E-state index contributed by atoms with van der Waals surface area (Å²) >= 11 is 0. The van der Waals surface area contributed by atoms with E-state index in [9.17, 15) is 9.59 Å². The molecular formula is C17H20N2O5. The molecular weight excluding hydrogens is 312 g/mol. The number of benzene rings is 1. The smallest absolute Gasteiger partial charge is 0.305 e. The number of amides is 1. The highest BCUT2D eigenvalue weighted by molar-refractivity contribution is 6.03. The van der Waals surface area contributed by atoms with Crippen LogP contribution < -0.4 is 9.47 Å². The van der Waals surface area contributed by atoms with Crippen LogP contribution in [0.3, 0.4) is 0 Å². The Labute approximate surface area is 140 Å². The van der Waals surface area contributed by atoms with Crippen LogP contribution >= 0.6 is 0 Å². The van der Waals surface area contributed by atoms with Crippen molar-refractivity contribution in [3.63, 3.8) is 0 Å². The van der Waals surface area contributed by atoms with Gasteiger partial charge in [-0.05, 0) is 18.4 Å². The predicted molar refractivity (Wildman–Crippen MR) is 87.3 cm³/mol. The third-order valence-corrected chi connectivity index (χ3v) is 4.49. The second-order valence-corrected chi connectivity index (χ2v) is 5.91. The first-order valence-electron chi connectivity index (χ1n) is 7.75. The van der Waals surface area contributed by atoms with Gasteiger partial charge in [-0.3, -0.25) is 14.6 Å². The molecule has 1 saturated heterocycles. The van der Waals surface area contributed by atoms with Gasteiger partial charge in [0.25, 0.3) is 5.91 Å². The normalized spacial score (nSPS) is 21.8. The largest absolute Gasteiger partial charge is 0.493 e. The number of hydrogen-bond donors (Lipinski definition) is 0. The molecule has 1 aromatic rings. The number of fused-ring (bicyclic) bond motifs is 2. The highest BCUT2D eigenvalue weighted by Crippen LogP contribution is 2.38. The molecule has 7 nitrogen and oxygen atoms in total. The third kappa shape index (κ3) is 2.81. The molecule has 1 amide bonds. The molecule has 1 fully saturated rings. The molecule has 0 bridgehead atoms. The van der Waals surface area contributed by atoms with Crippen LogP contribution in [0.4, 0.5) is 5.69 Å². The first kappa shape index (κ1) is 16.3. The lowest BCUT2D eigenvalue weighted by molar-refractivity contribution is -0.141. The van der Waals surface area contributed by atoms with E-state index in [0.29, 0.717) is 42.1 Å². The van der Waals surface area contributed by atoms with E-state index < -0.39 is 0 Å². The third-order valence-electron chi connectivity index (χ3n) is 4.49. The van der Waals surface area contributed by atoms with Crippen LogP contribution in [0.15, 0.2) is 17.1 Å². The van der Waals surface area contributed by atoms with Crippen molar-refractivity contribution in [2.75, 3.05) is 27.9 Å². The molecule has 0 spiro atoms. The quantitative estimate of drug-likeness (QED) is 0.786. The van der Waals surface area contributed by atoms with Crippen LogP contribution in [0, 0.1) is 5.92 Å². The Hall–Kier alpha value is -2.57. The number of carbonyl (C=O) groups excluding carboxylic acids is 2. The van der Waals surface area contributed by atoms with Gasteiger partial charge in [0.15, 0.2) is 11.5 Å². The Morgan fingerprint density at radius 3 is 2.62 bits per heavy atom. The van der Waals surface area contributed by atoms with Gasteiger partial charge in [0.05, 0.1) is 45.0 Å². The molecule has 7 heteroatoms. The van der Waals surface area contributed by atoms with Crippen molar-refractivity contribution >= 4 is 23.8 Å². The Kier molecular flexibility index (Phi) is 4.42. The number of carbonyl (C=O) groups is 2. The number of hydrogen-bond acceptors (Lipinski definition) is 6. The monoisotopic (exact) mass is 332 g/mol. The van der Waals surface area contributed by atoms with E-state index in [1.54, 1.807) is 30.4 Å². The lowest BCUT2D eigenvalue weighted by Crippen LogP contribution is -2.35. The first-order valence-corrected chi connectivity index (χ1v) is 7.75. The van der Waals surface area contributed by atoms with Crippen molar-refractivity contribution in [2.45, 2.75) is 18.9 Å². The molecule has 2 atom stereocenters. The minimum atomic E-state index is -0.256. The Morgan fingerprint density at radius 1 is 1.25 bits per heavy atom. The zero-order valence-electron chi connectivity index (χ0n) is 13.9. The minimum Gasteiger partial charge on any atom is -0.493 e. The number of ether oxygens (including phenoxy) is 3. The van der Waals surface area contributed by atoms with Crippen LogP contribution in [0.2, 0.25) is 0 Å². The summed E-state index contributed by atoms with van der Waals surface area (Å²) in [6.07, 6.45) is 2.78. The summed E-state index contributed by atoms with van der Waals surface area (Å²) in [4.78, 5) is 30.6. The zero-order chi connectivity index (χ0) is 17.3. The van der Waals surface area contributed by atoms with Gasteiger partial charge in [-0.15, -0.1) is 0 Å². The van der Waals surface area contributed by atoms with E-state index in [-0.39, 0.29) is 23.8 Å². The van der Waals surface area contributed by atoms with Gasteiger partial charge in [-0.1, -0.05) is 0 Å². The molecule has 2 aliphatic heterocycles. The molecule has 128 valence electrons. The van der Waals surface area contributed by atoms with Gasteiger partial charge in [-0.25, -0.2) is 0 Å². The van der Waals surface area contributed by atoms with Crippen molar-refractivity contribution in [1.29, 1.82) is 0 Å². The average molecular weight is 332 g/mol. The molecule has 0 aliphatic carbocycles. The van der Waals surface area contributed by atoms with Gasteiger partial charge < -0.3 is 19.1 Å². The maximum absolute atomic E-state index is 12.9. The lowest BCUT2D eigenvalue weighted by atomic mass is 10.0. The summed E-state index contributed by atoms with van der Waals surface area (Å²) < 4.78 is 15.3. The number of methoxy groups -OCH3 is 3. The maximum Gasteiger partial charge on any atom is 0.305 e. The van der Waals surface area contributed by atoms with E-state index in [1.165, 1.54) is 14.2 Å². The zero-order valence-corrected chi connectivity index (χ0v) is 13.9. The van der Waals surface area contributed by atoms with E-state index >= 15 is 0 Å². The lowest BCUT2D eigenvalue weighted by Gasteiger charge is -2.20. The van der Waals surface area contributed by atoms with Crippen molar-refractivity contribution < 1.29 is 23.8 Å². The van der Waals surface area contributed by atoms with E-state index in [0.717, 1.165) is 0 Å². The SMILES string of the molecule is COC(=O)CC1C[C@H]2C=Nc3cc(OC)c(OC)cc3C(=O)N2C1. The topological polar surface area (TPSA) is 77.4 Å². The van der Waals surface area contributed by atoms with Crippen molar-refractivity contribution in [2.24, 2.45) is 10.9 Å². The van der Waals surface area contributed by atoms with Crippen molar-refractivity contribution in [1.82, 2.24) is 4.90 Å². The highest BCUT2D eigenvalue weighted by Gasteiger charge is 2.38. The van der Waals surface area contributed by atoms with Gasteiger partial charge in [-0.2, -0.15) is 0 Å². The Balaban J connectivity index is 1.90. The van der Waals surface area contributed by atoms with E-state index in [4.69, 9.17) is 14.2 Å². The highest BCUT2D eigenvalue weighted by atomic mass is 16.5. The molecule has 1 unspecified atom stereocenters. The van der Waals surface area contributed by atoms with Crippen LogP contribution in [0.1, 0.15) is 23.2 Å². The van der Waals surface area contributed by atoms with Crippen LogP contribution in [-0.4, -0.2) is 56.9 Å². The Morgan fingerprint density at radius 2 is 1.96 bits per heavy atom. The summed E-state index contributed by atoms with van der Waals surface area (Å²) in [5.41, 5.74) is 1.04. The molecule has 24 heavy (non-hydrogen) atoms.